The van der Waals surface area contributed by atoms with Crippen LogP contribution in [0.1, 0.15) is 25.7 Å². The minimum absolute atomic E-state index is 0.399. The van der Waals surface area contributed by atoms with Crippen LogP contribution in [0.25, 0.3) is 10.2 Å². The molecule has 0 saturated heterocycles. The Labute approximate surface area is 110 Å². The molecule has 1 aliphatic carbocycles. The van der Waals surface area contributed by atoms with E-state index in [9.17, 15) is 0 Å². The normalized spacial score (nSPS) is 25.2. The van der Waals surface area contributed by atoms with Crippen molar-refractivity contribution in [2.75, 3.05) is 0 Å². The zero-order chi connectivity index (χ0) is 11.7. The van der Waals surface area contributed by atoms with E-state index in [1.807, 2.05) is 17.8 Å². The molecule has 17 heavy (non-hydrogen) atoms. The molecule has 1 aromatic heterocycles. The van der Waals surface area contributed by atoms with Gasteiger partial charge in [-0.05, 0) is 31.4 Å². The van der Waals surface area contributed by atoms with Gasteiger partial charge in [-0.2, -0.15) is 0 Å². The fourth-order valence-electron chi connectivity index (χ4n) is 2.33. The number of benzene rings is 1. The highest BCUT2D eigenvalue weighted by Crippen LogP contribution is 2.37. The standard InChI is InChI=1S/C13H16N2S2/c14-9-4-3-5-10(8-9)16-13-15-11-6-1-2-7-12(11)17-13/h1-2,6-7,9-10H,3-5,8,14H2. The lowest BCUT2D eigenvalue weighted by Gasteiger charge is -2.25. The average molecular weight is 264 g/mol. The van der Waals surface area contributed by atoms with Crippen LogP contribution in [0, 0.1) is 0 Å². The lowest BCUT2D eigenvalue weighted by molar-refractivity contribution is 0.451. The largest absolute Gasteiger partial charge is 0.328 e. The smallest absolute Gasteiger partial charge is 0.151 e. The maximum Gasteiger partial charge on any atom is 0.151 e. The van der Waals surface area contributed by atoms with E-state index in [1.54, 1.807) is 11.3 Å². The maximum absolute atomic E-state index is 6.02. The topological polar surface area (TPSA) is 38.9 Å². The zero-order valence-electron chi connectivity index (χ0n) is 9.63. The van der Waals surface area contributed by atoms with E-state index < -0.39 is 0 Å². The summed E-state index contributed by atoms with van der Waals surface area (Å²) in [5.74, 6) is 0. The van der Waals surface area contributed by atoms with Gasteiger partial charge in [-0.15, -0.1) is 11.3 Å². The van der Waals surface area contributed by atoms with Gasteiger partial charge in [0.05, 0.1) is 10.2 Å². The first-order valence-electron chi connectivity index (χ1n) is 6.09. The number of thioether (sulfide) groups is 1. The first kappa shape index (κ1) is 11.5. The number of fused-ring (bicyclic) bond motifs is 1. The molecular formula is C13H16N2S2. The SMILES string of the molecule is NC1CCCC(Sc2nc3ccccc3s2)C1. The van der Waals surface area contributed by atoms with Crippen molar-refractivity contribution in [1.82, 2.24) is 4.98 Å². The molecule has 1 fully saturated rings. The van der Waals surface area contributed by atoms with Crippen LogP contribution in [0.2, 0.25) is 0 Å². The molecule has 1 aromatic carbocycles. The minimum Gasteiger partial charge on any atom is -0.328 e. The van der Waals surface area contributed by atoms with Crippen molar-refractivity contribution in [2.45, 2.75) is 41.3 Å². The van der Waals surface area contributed by atoms with Gasteiger partial charge in [0.25, 0.3) is 0 Å². The molecule has 2 aromatic rings. The van der Waals surface area contributed by atoms with E-state index in [-0.39, 0.29) is 0 Å². The van der Waals surface area contributed by atoms with Crippen molar-refractivity contribution < 1.29 is 0 Å². The van der Waals surface area contributed by atoms with Crippen molar-refractivity contribution in [1.29, 1.82) is 0 Å². The lowest BCUT2D eigenvalue weighted by atomic mass is 9.96. The second kappa shape index (κ2) is 4.96. The monoisotopic (exact) mass is 264 g/mol. The molecule has 0 radical (unpaired) electrons. The van der Waals surface area contributed by atoms with Gasteiger partial charge in [0.1, 0.15) is 0 Å². The number of nitrogens with zero attached hydrogens (tertiary/aromatic N) is 1. The summed E-state index contributed by atoms with van der Waals surface area (Å²) >= 11 is 3.72. The molecule has 90 valence electrons. The Kier molecular flexibility index (Phi) is 3.36. The third kappa shape index (κ3) is 2.64. The van der Waals surface area contributed by atoms with Crippen LogP contribution in [0.15, 0.2) is 28.6 Å². The van der Waals surface area contributed by atoms with Gasteiger partial charge in [-0.1, -0.05) is 30.3 Å². The molecule has 0 bridgehead atoms. The molecule has 2 atom stereocenters. The van der Waals surface area contributed by atoms with Gasteiger partial charge in [-0.25, -0.2) is 4.98 Å². The molecular weight excluding hydrogens is 248 g/mol. The number of hydrogen-bond donors (Lipinski definition) is 1. The van der Waals surface area contributed by atoms with E-state index in [0.29, 0.717) is 11.3 Å². The number of para-hydroxylation sites is 1. The maximum atomic E-state index is 6.02. The summed E-state index contributed by atoms with van der Waals surface area (Å²) in [7, 11) is 0. The number of aromatic nitrogens is 1. The Balaban J connectivity index is 1.75. The summed E-state index contributed by atoms with van der Waals surface area (Å²) in [6, 6.07) is 8.75. The van der Waals surface area contributed by atoms with E-state index in [4.69, 9.17) is 5.73 Å². The summed E-state index contributed by atoms with van der Waals surface area (Å²) in [6.07, 6.45) is 4.88. The molecule has 2 N–H and O–H groups in total. The van der Waals surface area contributed by atoms with Gasteiger partial charge in [0, 0.05) is 11.3 Å². The minimum atomic E-state index is 0.399. The zero-order valence-corrected chi connectivity index (χ0v) is 11.3. The Bertz CT molecular complexity index is 476. The molecule has 0 spiro atoms. The molecule has 1 aliphatic rings. The summed E-state index contributed by atoms with van der Waals surface area (Å²) in [5.41, 5.74) is 7.15. The molecule has 1 heterocycles. The number of rotatable bonds is 2. The van der Waals surface area contributed by atoms with E-state index in [0.717, 1.165) is 11.9 Å². The second-order valence-corrected chi connectivity index (χ2v) is 7.19. The van der Waals surface area contributed by atoms with Crippen molar-refractivity contribution in [2.24, 2.45) is 5.73 Å². The van der Waals surface area contributed by atoms with E-state index >= 15 is 0 Å². The van der Waals surface area contributed by atoms with Crippen LogP contribution < -0.4 is 5.73 Å². The summed E-state index contributed by atoms with van der Waals surface area (Å²) < 4.78 is 2.49. The highest BCUT2D eigenvalue weighted by atomic mass is 32.2. The summed E-state index contributed by atoms with van der Waals surface area (Å²) in [4.78, 5) is 4.67. The van der Waals surface area contributed by atoms with E-state index in [2.05, 4.69) is 23.2 Å². The van der Waals surface area contributed by atoms with Crippen molar-refractivity contribution in [3.05, 3.63) is 24.3 Å². The van der Waals surface area contributed by atoms with Crippen molar-refractivity contribution >= 4 is 33.3 Å². The first-order valence-corrected chi connectivity index (χ1v) is 7.79. The number of thiazole rings is 1. The predicted molar refractivity (Wildman–Crippen MR) is 75.7 cm³/mol. The predicted octanol–water partition coefficient (Wildman–Crippen LogP) is 3.66. The van der Waals surface area contributed by atoms with Crippen LogP contribution in [-0.2, 0) is 0 Å². The molecule has 0 aliphatic heterocycles. The van der Waals surface area contributed by atoms with Crippen LogP contribution >= 0.6 is 23.1 Å². The van der Waals surface area contributed by atoms with Crippen LogP contribution in [0.4, 0.5) is 0 Å². The quantitative estimate of drug-likeness (QED) is 0.899. The molecule has 4 heteroatoms. The van der Waals surface area contributed by atoms with Crippen molar-refractivity contribution in [3.63, 3.8) is 0 Å². The van der Waals surface area contributed by atoms with Crippen molar-refractivity contribution in [3.8, 4) is 0 Å². The fourth-order valence-corrected chi connectivity index (χ4v) is 4.96. The Morgan fingerprint density at radius 1 is 1.29 bits per heavy atom. The highest BCUT2D eigenvalue weighted by molar-refractivity contribution is 8.01. The van der Waals surface area contributed by atoms with Crippen LogP contribution in [0.5, 0.6) is 0 Å². The van der Waals surface area contributed by atoms with E-state index in [1.165, 1.54) is 28.3 Å². The third-order valence-corrected chi connectivity index (χ3v) is 5.63. The first-order chi connectivity index (χ1) is 8.31. The molecule has 3 rings (SSSR count). The summed E-state index contributed by atoms with van der Waals surface area (Å²) in [6.45, 7) is 0. The Hall–Kier alpha value is -0.580. The Morgan fingerprint density at radius 3 is 3.00 bits per heavy atom. The molecule has 1 saturated carbocycles. The third-order valence-electron chi connectivity index (χ3n) is 3.21. The molecule has 0 amide bonds. The number of hydrogen-bond acceptors (Lipinski definition) is 4. The fraction of sp³-hybridized carbons (Fsp3) is 0.462. The molecule has 2 unspecified atom stereocenters. The lowest BCUT2D eigenvalue weighted by Crippen LogP contribution is -2.28. The van der Waals surface area contributed by atoms with Gasteiger partial charge < -0.3 is 5.73 Å². The molecule has 2 nitrogen and oxygen atoms in total. The van der Waals surface area contributed by atoms with Gasteiger partial charge in [-0.3, -0.25) is 0 Å². The van der Waals surface area contributed by atoms with Gasteiger partial charge in [0.15, 0.2) is 4.34 Å². The van der Waals surface area contributed by atoms with Gasteiger partial charge in [0.2, 0.25) is 0 Å². The van der Waals surface area contributed by atoms with Gasteiger partial charge >= 0.3 is 0 Å². The Morgan fingerprint density at radius 2 is 2.18 bits per heavy atom. The highest BCUT2D eigenvalue weighted by Gasteiger charge is 2.21. The summed E-state index contributed by atoms with van der Waals surface area (Å²) in [5, 5.41) is 0.666. The number of nitrogens with two attached hydrogens (primary N) is 1. The van der Waals surface area contributed by atoms with Crippen LogP contribution in [-0.4, -0.2) is 16.3 Å². The van der Waals surface area contributed by atoms with Crippen LogP contribution in [0.3, 0.4) is 0 Å². The second-order valence-electron chi connectivity index (χ2n) is 4.61. The average Bonchev–Trinajstić information content (AvgIpc) is 2.71.